The summed E-state index contributed by atoms with van der Waals surface area (Å²) >= 11 is 6.95. The molecule has 1 aromatic carbocycles. The first-order valence-corrected chi connectivity index (χ1v) is 6.32. The Morgan fingerprint density at radius 3 is 2.65 bits per heavy atom. The second kappa shape index (κ2) is 5.29. The fourth-order valence-electron chi connectivity index (χ4n) is 1.54. The van der Waals surface area contributed by atoms with Crippen LogP contribution in [0.1, 0.15) is 20.9 Å². The fraction of sp³-hybridized carbons (Fsp3) is 0.167. The number of benzene rings is 1. The van der Waals surface area contributed by atoms with Gasteiger partial charge in [0, 0.05) is 5.02 Å². The number of aromatic nitrogens is 1. The number of nitrogens with zero attached hydrogens (tertiary/aromatic N) is 1. The maximum absolute atomic E-state index is 10.9. The van der Waals surface area contributed by atoms with Gasteiger partial charge in [-0.3, -0.25) is 0 Å². The smallest absolute Gasteiger partial charge is 0.347 e. The molecule has 1 N–H and O–H groups in total. The Morgan fingerprint density at radius 1 is 1.29 bits per heavy atom. The summed E-state index contributed by atoms with van der Waals surface area (Å²) in [5.74, 6) is -0.904. The maximum atomic E-state index is 10.9. The number of rotatable bonds is 4. The highest BCUT2D eigenvalue weighted by atomic mass is 35.5. The zero-order chi connectivity index (χ0) is 12.3. The van der Waals surface area contributed by atoms with E-state index < -0.39 is 5.97 Å². The number of halogens is 1. The van der Waals surface area contributed by atoms with Gasteiger partial charge in [0.05, 0.1) is 11.2 Å². The van der Waals surface area contributed by atoms with Crippen LogP contribution in [0.25, 0.3) is 0 Å². The normalized spacial score (nSPS) is 10.4. The van der Waals surface area contributed by atoms with E-state index in [1.807, 2.05) is 24.3 Å². The molecule has 0 aliphatic heterocycles. The molecule has 0 aliphatic carbocycles. The maximum Gasteiger partial charge on any atom is 0.347 e. The van der Waals surface area contributed by atoms with E-state index >= 15 is 0 Å². The highest BCUT2D eigenvalue weighted by Crippen LogP contribution is 2.16. The first kappa shape index (κ1) is 12.1. The van der Waals surface area contributed by atoms with Crippen molar-refractivity contribution in [3.8, 4) is 0 Å². The second-order valence-corrected chi connectivity index (χ2v) is 4.85. The molecule has 0 amide bonds. The van der Waals surface area contributed by atoms with Crippen LogP contribution in [0.3, 0.4) is 0 Å². The summed E-state index contributed by atoms with van der Waals surface area (Å²) in [6.07, 6.45) is 1.40. The standard InChI is InChI=1S/C12H10ClNO2S/c13-9-4-1-8(2-5-9)3-6-10-11(12(15)16)17-7-14-10/h1-2,4-5,7H,3,6H2,(H,15,16). The highest BCUT2D eigenvalue weighted by molar-refractivity contribution is 7.11. The minimum atomic E-state index is -0.904. The van der Waals surface area contributed by atoms with Crippen molar-refractivity contribution >= 4 is 28.9 Å². The van der Waals surface area contributed by atoms with Crippen LogP contribution >= 0.6 is 22.9 Å². The van der Waals surface area contributed by atoms with Gasteiger partial charge in [-0.05, 0) is 30.5 Å². The van der Waals surface area contributed by atoms with Crippen molar-refractivity contribution in [2.75, 3.05) is 0 Å². The Labute approximate surface area is 108 Å². The van der Waals surface area contributed by atoms with Gasteiger partial charge in [-0.25, -0.2) is 9.78 Å². The van der Waals surface area contributed by atoms with Gasteiger partial charge < -0.3 is 5.11 Å². The molecule has 2 aromatic rings. The van der Waals surface area contributed by atoms with Crippen molar-refractivity contribution in [3.05, 3.63) is 50.9 Å². The van der Waals surface area contributed by atoms with Crippen LogP contribution in [-0.2, 0) is 12.8 Å². The molecule has 0 saturated heterocycles. The van der Waals surface area contributed by atoms with Gasteiger partial charge in [0.25, 0.3) is 0 Å². The summed E-state index contributed by atoms with van der Waals surface area (Å²) in [4.78, 5) is 15.3. The van der Waals surface area contributed by atoms with Crippen LogP contribution in [0.2, 0.25) is 5.02 Å². The van der Waals surface area contributed by atoms with Gasteiger partial charge in [0.1, 0.15) is 4.88 Å². The van der Waals surface area contributed by atoms with Crippen molar-refractivity contribution in [2.45, 2.75) is 12.8 Å². The predicted molar refractivity (Wildman–Crippen MR) is 67.9 cm³/mol. The van der Waals surface area contributed by atoms with E-state index in [-0.39, 0.29) is 0 Å². The number of aromatic carboxylic acids is 1. The number of carbonyl (C=O) groups is 1. The summed E-state index contributed by atoms with van der Waals surface area (Å²) in [6, 6.07) is 7.54. The minimum Gasteiger partial charge on any atom is -0.477 e. The molecule has 88 valence electrons. The summed E-state index contributed by atoms with van der Waals surface area (Å²) in [6.45, 7) is 0. The molecule has 0 spiro atoms. The van der Waals surface area contributed by atoms with E-state index in [4.69, 9.17) is 16.7 Å². The lowest BCUT2D eigenvalue weighted by molar-refractivity contribution is 0.0700. The zero-order valence-corrected chi connectivity index (χ0v) is 10.5. The number of carboxylic acid groups (broad SMARTS) is 1. The van der Waals surface area contributed by atoms with E-state index in [1.165, 1.54) is 0 Å². The third kappa shape index (κ3) is 3.05. The summed E-state index contributed by atoms with van der Waals surface area (Å²) in [7, 11) is 0. The molecule has 0 saturated carbocycles. The molecule has 0 unspecified atom stereocenters. The van der Waals surface area contributed by atoms with Gasteiger partial charge in [-0.2, -0.15) is 0 Å². The van der Waals surface area contributed by atoms with E-state index in [1.54, 1.807) is 5.51 Å². The lowest BCUT2D eigenvalue weighted by atomic mass is 10.1. The minimum absolute atomic E-state index is 0.332. The Hall–Kier alpha value is -1.39. The van der Waals surface area contributed by atoms with Gasteiger partial charge in [0.2, 0.25) is 0 Å². The molecule has 0 atom stereocenters. The summed E-state index contributed by atoms with van der Waals surface area (Å²) in [5, 5.41) is 9.64. The van der Waals surface area contributed by atoms with E-state index in [9.17, 15) is 4.79 Å². The van der Waals surface area contributed by atoms with Crippen LogP contribution in [-0.4, -0.2) is 16.1 Å². The Bertz CT molecular complexity index is 522. The fourth-order valence-corrected chi connectivity index (χ4v) is 2.34. The largest absolute Gasteiger partial charge is 0.477 e. The molecular formula is C12H10ClNO2S. The quantitative estimate of drug-likeness (QED) is 0.925. The molecule has 0 bridgehead atoms. The number of thiazole rings is 1. The van der Waals surface area contributed by atoms with Crippen LogP contribution in [0.15, 0.2) is 29.8 Å². The van der Waals surface area contributed by atoms with E-state index in [0.29, 0.717) is 22.0 Å². The topological polar surface area (TPSA) is 50.2 Å². The molecule has 0 radical (unpaired) electrons. The Morgan fingerprint density at radius 2 is 2.00 bits per heavy atom. The van der Waals surface area contributed by atoms with Crippen LogP contribution in [0.4, 0.5) is 0 Å². The first-order valence-electron chi connectivity index (χ1n) is 5.07. The molecule has 1 heterocycles. The molecule has 3 nitrogen and oxygen atoms in total. The number of carboxylic acids is 1. The summed E-state index contributed by atoms with van der Waals surface area (Å²) < 4.78 is 0. The van der Waals surface area contributed by atoms with Crippen molar-refractivity contribution in [2.24, 2.45) is 0 Å². The van der Waals surface area contributed by atoms with E-state index in [0.717, 1.165) is 23.3 Å². The van der Waals surface area contributed by atoms with Crippen molar-refractivity contribution in [3.63, 3.8) is 0 Å². The SMILES string of the molecule is O=C(O)c1scnc1CCc1ccc(Cl)cc1. The van der Waals surface area contributed by atoms with Gasteiger partial charge >= 0.3 is 5.97 Å². The second-order valence-electron chi connectivity index (χ2n) is 3.56. The molecule has 5 heteroatoms. The highest BCUT2D eigenvalue weighted by Gasteiger charge is 2.12. The molecule has 1 aromatic heterocycles. The number of aryl methyl sites for hydroxylation is 2. The van der Waals surface area contributed by atoms with E-state index in [2.05, 4.69) is 4.98 Å². The third-order valence-electron chi connectivity index (χ3n) is 2.40. The molecule has 0 aliphatic rings. The summed E-state index contributed by atoms with van der Waals surface area (Å²) in [5.41, 5.74) is 3.34. The Balaban J connectivity index is 2.05. The lowest BCUT2D eigenvalue weighted by Crippen LogP contribution is -2.00. The number of hydrogen-bond donors (Lipinski definition) is 1. The van der Waals surface area contributed by atoms with Crippen molar-refractivity contribution < 1.29 is 9.90 Å². The predicted octanol–water partition coefficient (Wildman–Crippen LogP) is 3.28. The van der Waals surface area contributed by atoms with Gasteiger partial charge in [-0.1, -0.05) is 23.7 Å². The van der Waals surface area contributed by atoms with Crippen LogP contribution in [0, 0.1) is 0 Å². The lowest BCUT2D eigenvalue weighted by Gasteiger charge is -2.00. The monoisotopic (exact) mass is 267 g/mol. The van der Waals surface area contributed by atoms with Crippen LogP contribution < -0.4 is 0 Å². The van der Waals surface area contributed by atoms with Gasteiger partial charge in [-0.15, -0.1) is 11.3 Å². The molecule has 17 heavy (non-hydrogen) atoms. The van der Waals surface area contributed by atoms with Gasteiger partial charge in [0.15, 0.2) is 0 Å². The van der Waals surface area contributed by atoms with Crippen LogP contribution in [0.5, 0.6) is 0 Å². The third-order valence-corrected chi connectivity index (χ3v) is 3.51. The molecule has 0 fully saturated rings. The number of hydrogen-bond acceptors (Lipinski definition) is 3. The average molecular weight is 268 g/mol. The Kier molecular flexibility index (Phi) is 3.76. The average Bonchev–Trinajstić information content (AvgIpc) is 2.76. The first-order chi connectivity index (χ1) is 8.16. The van der Waals surface area contributed by atoms with Crippen molar-refractivity contribution in [1.29, 1.82) is 0 Å². The zero-order valence-electron chi connectivity index (χ0n) is 8.89. The van der Waals surface area contributed by atoms with Crippen molar-refractivity contribution in [1.82, 2.24) is 4.98 Å². The molecule has 2 rings (SSSR count). The molecular weight excluding hydrogens is 258 g/mol.